The van der Waals surface area contributed by atoms with Gasteiger partial charge in [0.2, 0.25) is 5.91 Å². The predicted octanol–water partition coefficient (Wildman–Crippen LogP) is 1.34. The minimum Gasteiger partial charge on any atom is -0.369 e. The van der Waals surface area contributed by atoms with E-state index in [0.717, 1.165) is 18.5 Å². The van der Waals surface area contributed by atoms with E-state index in [1.54, 1.807) is 12.1 Å². The molecular weight excluding hydrogens is 338 g/mol. The number of nitro groups is 1. The van der Waals surface area contributed by atoms with Crippen LogP contribution in [0, 0.1) is 10.1 Å². The molecule has 9 heteroatoms. The van der Waals surface area contributed by atoms with Crippen molar-refractivity contribution in [3.63, 3.8) is 0 Å². The summed E-state index contributed by atoms with van der Waals surface area (Å²) in [7, 11) is 0. The number of non-ortho nitro benzene ring substituents is 1. The molecule has 26 heavy (non-hydrogen) atoms. The summed E-state index contributed by atoms with van der Waals surface area (Å²) in [5.41, 5.74) is 0.872. The Balaban J connectivity index is 1.76. The van der Waals surface area contributed by atoms with Crippen molar-refractivity contribution < 1.29 is 14.5 Å². The monoisotopic (exact) mass is 363 g/mol. The number of hydrogen-bond donors (Lipinski definition) is 2. The van der Waals surface area contributed by atoms with E-state index < -0.39 is 11.0 Å². The second-order valence-electron chi connectivity index (χ2n) is 6.20. The zero-order valence-electron chi connectivity index (χ0n) is 14.9. The summed E-state index contributed by atoms with van der Waals surface area (Å²) in [6.07, 6.45) is 1.85. The quantitative estimate of drug-likeness (QED) is 0.430. The molecule has 0 aromatic heterocycles. The van der Waals surface area contributed by atoms with E-state index in [9.17, 15) is 19.7 Å². The number of amides is 3. The molecule has 1 aliphatic heterocycles. The van der Waals surface area contributed by atoms with E-state index in [-0.39, 0.29) is 18.1 Å². The summed E-state index contributed by atoms with van der Waals surface area (Å²) >= 11 is 0. The molecule has 0 bridgehead atoms. The van der Waals surface area contributed by atoms with Crippen molar-refractivity contribution in [1.82, 2.24) is 15.5 Å². The first-order chi connectivity index (χ1) is 12.5. The number of unbranched alkanes of at least 4 members (excludes halogenated alkanes) is 1. The number of carbonyl (C=O) groups excluding carboxylic acids is 2. The fourth-order valence-corrected chi connectivity index (χ4v) is 2.76. The van der Waals surface area contributed by atoms with Gasteiger partial charge in [-0.25, -0.2) is 4.79 Å². The van der Waals surface area contributed by atoms with Crippen molar-refractivity contribution >= 4 is 23.3 Å². The number of imide groups is 1. The first-order valence-electron chi connectivity index (χ1n) is 8.79. The average Bonchev–Trinajstić information content (AvgIpc) is 2.62. The molecule has 1 aromatic carbocycles. The summed E-state index contributed by atoms with van der Waals surface area (Å²) in [6.45, 7) is 5.36. The van der Waals surface area contributed by atoms with Crippen LogP contribution in [0.5, 0.6) is 0 Å². The van der Waals surface area contributed by atoms with Gasteiger partial charge in [0.1, 0.15) is 0 Å². The Morgan fingerprint density at radius 3 is 2.62 bits per heavy atom. The van der Waals surface area contributed by atoms with Gasteiger partial charge in [0, 0.05) is 50.5 Å². The second kappa shape index (κ2) is 9.71. The van der Waals surface area contributed by atoms with E-state index in [4.69, 9.17) is 0 Å². The van der Waals surface area contributed by atoms with Crippen LogP contribution in [-0.2, 0) is 4.79 Å². The largest absolute Gasteiger partial charge is 0.369 e. The molecule has 1 saturated heterocycles. The first kappa shape index (κ1) is 19.6. The van der Waals surface area contributed by atoms with Crippen LogP contribution in [0.15, 0.2) is 24.3 Å². The Morgan fingerprint density at radius 2 is 1.96 bits per heavy atom. The lowest BCUT2D eigenvalue weighted by Crippen LogP contribution is -2.51. The van der Waals surface area contributed by atoms with Crippen LogP contribution in [0.4, 0.5) is 16.2 Å². The predicted molar refractivity (Wildman–Crippen MR) is 98.2 cm³/mol. The molecule has 1 aliphatic rings. The molecule has 3 amide bonds. The molecule has 2 N–H and O–H groups in total. The molecule has 0 saturated carbocycles. The first-order valence-corrected chi connectivity index (χ1v) is 8.79. The molecule has 2 rings (SSSR count). The Labute approximate surface area is 152 Å². The van der Waals surface area contributed by atoms with Gasteiger partial charge in [-0.15, -0.1) is 0 Å². The van der Waals surface area contributed by atoms with Crippen LogP contribution in [-0.4, -0.2) is 61.0 Å². The number of nitrogens with zero attached hydrogens (tertiary/aromatic N) is 3. The van der Waals surface area contributed by atoms with Gasteiger partial charge in [-0.05, 0) is 12.5 Å². The number of carbonyl (C=O) groups is 2. The van der Waals surface area contributed by atoms with Gasteiger partial charge in [0.25, 0.3) is 5.69 Å². The lowest BCUT2D eigenvalue weighted by molar-refractivity contribution is -0.384. The number of piperazine rings is 1. The normalized spacial score (nSPS) is 14.7. The van der Waals surface area contributed by atoms with E-state index in [1.165, 1.54) is 6.07 Å². The van der Waals surface area contributed by atoms with Crippen molar-refractivity contribution in [2.45, 2.75) is 19.8 Å². The summed E-state index contributed by atoms with van der Waals surface area (Å²) in [4.78, 5) is 38.0. The molecule has 9 nitrogen and oxygen atoms in total. The highest BCUT2D eigenvalue weighted by molar-refractivity contribution is 5.95. The maximum Gasteiger partial charge on any atom is 0.321 e. The number of urea groups is 1. The summed E-state index contributed by atoms with van der Waals surface area (Å²) < 4.78 is 0. The van der Waals surface area contributed by atoms with Gasteiger partial charge in [0.05, 0.1) is 11.5 Å². The molecule has 1 aromatic rings. The minimum atomic E-state index is -0.460. The fraction of sp³-hybridized carbons (Fsp3) is 0.529. The number of rotatable bonds is 7. The molecule has 0 radical (unpaired) electrons. The third-order valence-electron chi connectivity index (χ3n) is 4.21. The standard InChI is InChI=1S/C17H25N5O4/c1-2-3-7-18-17(24)19-16(23)13-20-8-10-21(11-9-20)14-5-4-6-15(12-14)22(25)26/h4-6,12H,2-3,7-11,13H2,1H3,(H2,18,19,23,24). The number of hydrogen-bond acceptors (Lipinski definition) is 6. The van der Waals surface area contributed by atoms with Crippen LogP contribution in [0.2, 0.25) is 0 Å². The number of anilines is 1. The zero-order valence-corrected chi connectivity index (χ0v) is 14.9. The van der Waals surface area contributed by atoms with Crippen molar-refractivity contribution in [2.75, 3.05) is 44.2 Å². The van der Waals surface area contributed by atoms with Gasteiger partial charge >= 0.3 is 6.03 Å². The number of benzene rings is 1. The molecule has 0 aliphatic carbocycles. The van der Waals surface area contributed by atoms with E-state index in [2.05, 4.69) is 15.5 Å². The van der Waals surface area contributed by atoms with E-state index >= 15 is 0 Å². The SMILES string of the molecule is CCCCNC(=O)NC(=O)CN1CCN(c2cccc([N+](=O)[O-])c2)CC1. The van der Waals surface area contributed by atoms with Gasteiger partial charge in [-0.1, -0.05) is 19.4 Å². The van der Waals surface area contributed by atoms with Crippen molar-refractivity contribution in [3.05, 3.63) is 34.4 Å². The third kappa shape index (κ3) is 5.99. The highest BCUT2D eigenvalue weighted by Crippen LogP contribution is 2.22. The molecule has 0 spiro atoms. The van der Waals surface area contributed by atoms with Crippen molar-refractivity contribution in [3.8, 4) is 0 Å². The van der Waals surface area contributed by atoms with Crippen LogP contribution in [0.1, 0.15) is 19.8 Å². The molecule has 0 atom stereocenters. The fourth-order valence-electron chi connectivity index (χ4n) is 2.76. The van der Waals surface area contributed by atoms with Crippen molar-refractivity contribution in [2.24, 2.45) is 0 Å². The Kier molecular flexibility index (Phi) is 7.34. The van der Waals surface area contributed by atoms with Crippen LogP contribution in [0.25, 0.3) is 0 Å². The maximum atomic E-state index is 11.9. The summed E-state index contributed by atoms with van der Waals surface area (Å²) in [5, 5.41) is 15.9. The Bertz CT molecular complexity index is 644. The van der Waals surface area contributed by atoms with Crippen LogP contribution >= 0.6 is 0 Å². The third-order valence-corrected chi connectivity index (χ3v) is 4.21. The summed E-state index contributed by atoms with van der Waals surface area (Å²) in [5.74, 6) is -0.331. The molecule has 1 fully saturated rings. The molecular formula is C17H25N5O4. The highest BCUT2D eigenvalue weighted by atomic mass is 16.6. The average molecular weight is 363 g/mol. The van der Waals surface area contributed by atoms with E-state index in [1.807, 2.05) is 17.9 Å². The Morgan fingerprint density at radius 1 is 1.23 bits per heavy atom. The van der Waals surface area contributed by atoms with Crippen molar-refractivity contribution in [1.29, 1.82) is 0 Å². The van der Waals surface area contributed by atoms with Gasteiger partial charge in [0.15, 0.2) is 0 Å². The minimum absolute atomic E-state index is 0.0680. The zero-order chi connectivity index (χ0) is 18.9. The van der Waals surface area contributed by atoms with Crippen LogP contribution < -0.4 is 15.5 Å². The maximum absolute atomic E-state index is 11.9. The topological polar surface area (TPSA) is 108 Å². The second-order valence-corrected chi connectivity index (χ2v) is 6.20. The lowest BCUT2D eigenvalue weighted by atomic mass is 10.2. The molecule has 0 unspecified atom stereocenters. The van der Waals surface area contributed by atoms with Gasteiger partial charge in [-0.3, -0.25) is 25.1 Å². The van der Waals surface area contributed by atoms with E-state index in [0.29, 0.717) is 32.7 Å². The van der Waals surface area contributed by atoms with Gasteiger partial charge < -0.3 is 10.2 Å². The highest BCUT2D eigenvalue weighted by Gasteiger charge is 2.21. The Hall–Kier alpha value is -2.68. The number of nitrogens with one attached hydrogen (secondary N) is 2. The lowest BCUT2D eigenvalue weighted by Gasteiger charge is -2.35. The van der Waals surface area contributed by atoms with Crippen LogP contribution in [0.3, 0.4) is 0 Å². The molecule has 1 heterocycles. The summed E-state index contributed by atoms with van der Waals surface area (Å²) in [6, 6.07) is 6.08. The smallest absolute Gasteiger partial charge is 0.321 e. The molecule has 142 valence electrons. The number of nitro benzene ring substituents is 1. The van der Waals surface area contributed by atoms with Gasteiger partial charge in [-0.2, -0.15) is 0 Å².